The SMILES string of the molecule is Nc1ccc(Oc2ccc(C3=NC(c4ccc(N)c(O)c4)C(=O)c4cccnc43)cc2)cc1O. The number of rotatable bonds is 4. The minimum Gasteiger partial charge on any atom is -0.506 e. The monoisotopic (exact) mass is 452 g/mol. The summed E-state index contributed by atoms with van der Waals surface area (Å²) in [6, 6.07) is 19.1. The van der Waals surface area contributed by atoms with Gasteiger partial charge in [-0.25, -0.2) is 0 Å². The first-order valence-electron chi connectivity index (χ1n) is 10.4. The van der Waals surface area contributed by atoms with Gasteiger partial charge in [-0.05, 0) is 66.2 Å². The van der Waals surface area contributed by atoms with Crippen LogP contribution >= 0.6 is 0 Å². The van der Waals surface area contributed by atoms with Crippen molar-refractivity contribution in [3.63, 3.8) is 0 Å². The minimum atomic E-state index is -0.841. The van der Waals surface area contributed by atoms with Crippen molar-refractivity contribution in [2.75, 3.05) is 11.5 Å². The van der Waals surface area contributed by atoms with Crippen LogP contribution in [0.3, 0.4) is 0 Å². The maximum Gasteiger partial charge on any atom is 0.194 e. The Morgan fingerprint density at radius 2 is 1.50 bits per heavy atom. The molecule has 0 radical (unpaired) electrons. The van der Waals surface area contributed by atoms with Gasteiger partial charge in [-0.15, -0.1) is 0 Å². The summed E-state index contributed by atoms with van der Waals surface area (Å²) >= 11 is 0. The van der Waals surface area contributed by atoms with E-state index in [0.717, 1.165) is 5.56 Å². The molecule has 2 heterocycles. The second kappa shape index (κ2) is 8.25. The number of carbonyl (C=O) groups excluding carboxylic acids is 1. The number of ketones is 1. The summed E-state index contributed by atoms with van der Waals surface area (Å²) in [6.45, 7) is 0. The molecule has 0 amide bonds. The molecule has 0 bridgehead atoms. The zero-order chi connectivity index (χ0) is 23.8. The van der Waals surface area contributed by atoms with E-state index in [4.69, 9.17) is 21.2 Å². The summed E-state index contributed by atoms with van der Waals surface area (Å²) in [5.74, 6) is 0.614. The number of fused-ring (bicyclic) bond motifs is 1. The molecule has 8 nitrogen and oxygen atoms in total. The van der Waals surface area contributed by atoms with Crippen LogP contribution in [0.2, 0.25) is 0 Å². The van der Waals surface area contributed by atoms with Crippen LogP contribution < -0.4 is 16.2 Å². The Kier molecular flexibility index (Phi) is 5.10. The molecule has 0 saturated carbocycles. The number of nitrogens with zero attached hydrogens (tertiary/aromatic N) is 2. The van der Waals surface area contributed by atoms with E-state index in [1.807, 2.05) is 12.1 Å². The van der Waals surface area contributed by atoms with Crippen LogP contribution in [0.25, 0.3) is 0 Å². The normalized spacial score (nSPS) is 14.9. The van der Waals surface area contributed by atoms with Gasteiger partial charge in [0.2, 0.25) is 0 Å². The van der Waals surface area contributed by atoms with Gasteiger partial charge >= 0.3 is 0 Å². The molecule has 3 aromatic carbocycles. The third kappa shape index (κ3) is 3.77. The van der Waals surface area contributed by atoms with Gasteiger partial charge in [0, 0.05) is 23.4 Å². The molecule has 0 fully saturated rings. The number of aromatic hydroxyl groups is 2. The van der Waals surface area contributed by atoms with E-state index < -0.39 is 6.04 Å². The van der Waals surface area contributed by atoms with Crippen LogP contribution in [0.1, 0.15) is 33.2 Å². The summed E-state index contributed by atoms with van der Waals surface area (Å²) < 4.78 is 5.79. The van der Waals surface area contributed by atoms with E-state index in [2.05, 4.69) is 4.98 Å². The fourth-order valence-electron chi connectivity index (χ4n) is 3.76. The maximum atomic E-state index is 13.2. The Morgan fingerprint density at radius 3 is 2.21 bits per heavy atom. The summed E-state index contributed by atoms with van der Waals surface area (Å²) in [5.41, 5.74) is 14.6. The zero-order valence-corrected chi connectivity index (χ0v) is 17.8. The predicted molar refractivity (Wildman–Crippen MR) is 129 cm³/mol. The summed E-state index contributed by atoms with van der Waals surface area (Å²) in [6.07, 6.45) is 1.61. The van der Waals surface area contributed by atoms with Gasteiger partial charge in [-0.3, -0.25) is 14.8 Å². The van der Waals surface area contributed by atoms with Gasteiger partial charge in [0.05, 0.1) is 22.8 Å². The zero-order valence-electron chi connectivity index (χ0n) is 17.8. The highest BCUT2D eigenvalue weighted by Gasteiger charge is 2.32. The number of phenols is 2. The predicted octanol–water partition coefficient (Wildman–Crippen LogP) is 4.22. The number of Topliss-reactive ketones (excluding diaryl/α,β-unsaturated/α-hetero) is 1. The van der Waals surface area contributed by atoms with E-state index in [1.54, 1.807) is 54.7 Å². The number of carbonyl (C=O) groups is 1. The lowest BCUT2D eigenvalue weighted by Gasteiger charge is -2.22. The smallest absolute Gasteiger partial charge is 0.194 e. The van der Waals surface area contributed by atoms with E-state index in [9.17, 15) is 15.0 Å². The molecule has 34 heavy (non-hydrogen) atoms. The highest BCUT2D eigenvalue weighted by atomic mass is 16.5. The first kappa shape index (κ1) is 21.0. The fraction of sp³-hybridized carbons (Fsp3) is 0.0385. The summed E-state index contributed by atoms with van der Waals surface area (Å²) in [4.78, 5) is 22.3. The molecular weight excluding hydrogens is 432 g/mol. The topological polar surface area (TPSA) is 144 Å². The second-order valence-electron chi connectivity index (χ2n) is 7.81. The Labute approximate surface area is 194 Å². The number of benzene rings is 3. The maximum absolute atomic E-state index is 13.2. The molecule has 168 valence electrons. The third-order valence-electron chi connectivity index (χ3n) is 5.54. The van der Waals surface area contributed by atoms with E-state index in [0.29, 0.717) is 34.0 Å². The number of pyridine rings is 1. The quantitative estimate of drug-likeness (QED) is 0.268. The van der Waals surface area contributed by atoms with Crippen molar-refractivity contribution in [2.24, 2.45) is 4.99 Å². The van der Waals surface area contributed by atoms with E-state index in [-0.39, 0.29) is 28.7 Å². The lowest BCUT2D eigenvalue weighted by Crippen LogP contribution is -2.24. The Balaban J connectivity index is 1.52. The van der Waals surface area contributed by atoms with Crippen molar-refractivity contribution in [1.82, 2.24) is 4.98 Å². The summed E-state index contributed by atoms with van der Waals surface area (Å²) in [7, 11) is 0. The van der Waals surface area contributed by atoms with Gasteiger partial charge in [0.1, 0.15) is 29.0 Å². The van der Waals surface area contributed by atoms with Crippen molar-refractivity contribution in [1.29, 1.82) is 0 Å². The largest absolute Gasteiger partial charge is 0.506 e. The van der Waals surface area contributed by atoms with Crippen molar-refractivity contribution >= 4 is 22.9 Å². The molecule has 4 aromatic rings. The second-order valence-corrected chi connectivity index (χ2v) is 7.81. The number of nitrogens with two attached hydrogens (primary N) is 2. The number of aliphatic imine (C=N–C) groups is 1. The van der Waals surface area contributed by atoms with Crippen LogP contribution in [0.15, 0.2) is 84.0 Å². The van der Waals surface area contributed by atoms with Gasteiger partial charge in [-0.1, -0.05) is 6.07 Å². The molecule has 5 rings (SSSR count). The summed E-state index contributed by atoms with van der Waals surface area (Å²) in [5, 5.41) is 19.8. The van der Waals surface area contributed by atoms with Crippen molar-refractivity contribution < 1.29 is 19.7 Å². The highest BCUT2D eigenvalue weighted by molar-refractivity contribution is 6.21. The van der Waals surface area contributed by atoms with Crippen molar-refractivity contribution in [2.45, 2.75) is 6.04 Å². The first-order chi connectivity index (χ1) is 16.4. The minimum absolute atomic E-state index is 0.0576. The lowest BCUT2D eigenvalue weighted by molar-refractivity contribution is 0.0959. The molecule has 1 unspecified atom stereocenters. The standard InChI is InChI=1S/C26H20N4O4/c27-19-9-5-15(12-21(19)31)24-26(33)18-2-1-11-29-25(18)23(30-24)14-3-6-16(7-4-14)34-17-8-10-20(28)22(32)13-17/h1-13,24,31-32H,27-28H2. The molecule has 1 aliphatic heterocycles. The number of nitrogen functional groups attached to an aromatic ring is 2. The number of hydrogen-bond donors (Lipinski definition) is 4. The Morgan fingerprint density at radius 1 is 0.824 bits per heavy atom. The molecular formula is C26H20N4O4. The van der Waals surface area contributed by atoms with Crippen LogP contribution in [0.4, 0.5) is 11.4 Å². The van der Waals surface area contributed by atoms with Gasteiger partial charge in [0.15, 0.2) is 5.78 Å². The molecule has 1 atom stereocenters. The molecule has 6 N–H and O–H groups in total. The van der Waals surface area contributed by atoms with Gasteiger partial charge in [-0.2, -0.15) is 0 Å². The number of anilines is 2. The molecule has 1 aliphatic rings. The average molecular weight is 452 g/mol. The van der Waals surface area contributed by atoms with Gasteiger partial charge < -0.3 is 26.4 Å². The van der Waals surface area contributed by atoms with Crippen LogP contribution in [-0.4, -0.2) is 26.7 Å². The van der Waals surface area contributed by atoms with E-state index >= 15 is 0 Å². The number of phenolic OH excluding ortho intramolecular Hbond substituents is 2. The highest BCUT2D eigenvalue weighted by Crippen LogP contribution is 2.34. The number of ether oxygens (including phenoxy) is 1. The number of aromatic nitrogens is 1. The van der Waals surface area contributed by atoms with E-state index in [1.165, 1.54) is 12.1 Å². The van der Waals surface area contributed by atoms with Crippen LogP contribution in [-0.2, 0) is 0 Å². The average Bonchev–Trinajstić information content (AvgIpc) is 2.84. The molecule has 0 saturated heterocycles. The van der Waals surface area contributed by atoms with Crippen LogP contribution in [0.5, 0.6) is 23.0 Å². The van der Waals surface area contributed by atoms with Crippen LogP contribution in [0, 0.1) is 0 Å². The Hall–Kier alpha value is -4.85. The number of hydrogen-bond acceptors (Lipinski definition) is 8. The van der Waals surface area contributed by atoms with Gasteiger partial charge in [0.25, 0.3) is 0 Å². The molecule has 8 heteroatoms. The van der Waals surface area contributed by atoms with Crippen molar-refractivity contribution in [3.8, 4) is 23.0 Å². The lowest BCUT2D eigenvalue weighted by atomic mass is 9.90. The molecule has 0 spiro atoms. The molecule has 1 aromatic heterocycles. The molecule has 0 aliphatic carbocycles. The first-order valence-corrected chi connectivity index (χ1v) is 10.4. The fourth-order valence-corrected chi connectivity index (χ4v) is 3.76. The Bertz CT molecular complexity index is 1450. The van der Waals surface area contributed by atoms with Crippen molar-refractivity contribution in [3.05, 3.63) is 101 Å². The third-order valence-corrected chi connectivity index (χ3v) is 5.54.